The average Bonchev–Trinajstić information content (AvgIpc) is 2.25. The van der Waals surface area contributed by atoms with Gasteiger partial charge in [0.2, 0.25) is 5.91 Å². The van der Waals surface area contributed by atoms with Crippen LogP contribution in [0.2, 0.25) is 0 Å². The van der Waals surface area contributed by atoms with Crippen molar-refractivity contribution in [1.29, 1.82) is 0 Å². The van der Waals surface area contributed by atoms with E-state index in [1.807, 2.05) is 0 Å². The Hall–Kier alpha value is -0.610. The van der Waals surface area contributed by atoms with E-state index in [-0.39, 0.29) is 24.2 Å². The number of nitrogens with zero attached hydrogens (tertiary/aromatic N) is 1. The second kappa shape index (κ2) is 8.63. The summed E-state index contributed by atoms with van der Waals surface area (Å²) in [6.45, 7) is 12.9. The van der Waals surface area contributed by atoms with Gasteiger partial charge in [0.05, 0.1) is 18.8 Å². The van der Waals surface area contributed by atoms with E-state index in [1.165, 1.54) is 12.8 Å². The van der Waals surface area contributed by atoms with E-state index in [0.717, 1.165) is 25.4 Å². The molecule has 1 aliphatic heterocycles. The molecule has 4 nitrogen and oxygen atoms in total. The zero-order chi connectivity index (χ0) is 15.1. The molecule has 1 heterocycles. The summed E-state index contributed by atoms with van der Waals surface area (Å²) in [6, 6.07) is 0.275. The first-order chi connectivity index (χ1) is 9.36. The van der Waals surface area contributed by atoms with E-state index < -0.39 is 0 Å². The molecule has 1 aliphatic rings. The second-order valence-electron chi connectivity index (χ2n) is 6.74. The lowest BCUT2D eigenvalue weighted by Gasteiger charge is -2.35. The van der Waals surface area contributed by atoms with Crippen LogP contribution in [0.25, 0.3) is 0 Å². The summed E-state index contributed by atoms with van der Waals surface area (Å²) in [6.07, 6.45) is 3.92. The highest BCUT2D eigenvalue weighted by atomic mass is 16.5. The van der Waals surface area contributed by atoms with Crippen LogP contribution in [0.5, 0.6) is 0 Å². The van der Waals surface area contributed by atoms with Crippen molar-refractivity contribution < 1.29 is 9.53 Å². The van der Waals surface area contributed by atoms with Crippen molar-refractivity contribution in [3.63, 3.8) is 0 Å². The molecular weight excluding hydrogens is 252 g/mol. The van der Waals surface area contributed by atoms with E-state index in [0.29, 0.717) is 6.54 Å². The Labute approximate surface area is 124 Å². The van der Waals surface area contributed by atoms with Crippen LogP contribution in [-0.4, -0.2) is 48.7 Å². The van der Waals surface area contributed by atoms with Gasteiger partial charge >= 0.3 is 0 Å². The zero-order valence-electron chi connectivity index (χ0n) is 13.8. The molecular formula is C16H32N2O2. The third kappa shape index (κ3) is 7.25. The van der Waals surface area contributed by atoms with Gasteiger partial charge in [0.15, 0.2) is 0 Å². The number of morpholine rings is 1. The molecule has 3 atom stereocenters. The van der Waals surface area contributed by atoms with Crippen LogP contribution in [-0.2, 0) is 9.53 Å². The van der Waals surface area contributed by atoms with E-state index >= 15 is 0 Å². The maximum absolute atomic E-state index is 12.0. The monoisotopic (exact) mass is 284 g/mol. The summed E-state index contributed by atoms with van der Waals surface area (Å²) < 4.78 is 5.68. The number of hydrogen-bond acceptors (Lipinski definition) is 3. The minimum Gasteiger partial charge on any atom is -0.373 e. The average molecular weight is 284 g/mol. The van der Waals surface area contributed by atoms with Crippen molar-refractivity contribution in [2.45, 2.75) is 72.1 Å². The van der Waals surface area contributed by atoms with Crippen LogP contribution < -0.4 is 5.32 Å². The summed E-state index contributed by atoms with van der Waals surface area (Å²) in [5.74, 6) is 0.887. The van der Waals surface area contributed by atoms with Crippen molar-refractivity contribution in [2.75, 3.05) is 19.6 Å². The van der Waals surface area contributed by atoms with Crippen LogP contribution in [0.3, 0.4) is 0 Å². The number of ether oxygens (including phenoxy) is 1. The van der Waals surface area contributed by atoms with E-state index in [4.69, 9.17) is 4.74 Å². The Balaban J connectivity index is 2.21. The lowest BCUT2D eigenvalue weighted by Crippen LogP contribution is -2.50. The topological polar surface area (TPSA) is 41.6 Å². The Kier molecular flexibility index (Phi) is 7.52. The van der Waals surface area contributed by atoms with Gasteiger partial charge in [0, 0.05) is 19.1 Å². The lowest BCUT2D eigenvalue weighted by atomic mass is 10.0. The smallest absolute Gasteiger partial charge is 0.234 e. The third-order valence-corrected chi connectivity index (χ3v) is 3.69. The van der Waals surface area contributed by atoms with E-state index in [9.17, 15) is 4.79 Å². The van der Waals surface area contributed by atoms with Gasteiger partial charge < -0.3 is 10.1 Å². The Bertz CT molecular complexity index is 284. The molecule has 0 aromatic rings. The molecule has 1 N–H and O–H groups in total. The number of carbonyl (C=O) groups excluding carboxylic acids is 1. The van der Waals surface area contributed by atoms with Crippen LogP contribution in [0, 0.1) is 5.92 Å². The molecule has 0 bridgehead atoms. The SMILES string of the molecule is CC(C)CCCC(C)NC(=O)CN1CC(C)OC(C)C1. The van der Waals surface area contributed by atoms with Crippen LogP contribution in [0.15, 0.2) is 0 Å². The van der Waals surface area contributed by atoms with Gasteiger partial charge in [0.1, 0.15) is 0 Å². The fourth-order valence-electron chi connectivity index (χ4n) is 2.84. The van der Waals surface area contributed by atoms with Crippen molar-refractivity contribution in [3.05, 3.63) is 0 Å². The molecule has 4 heteroatoms. The highest BCUT2D eigenvalue weighted by Crippen LogP contribution is 2.11. The minimum absolute atomic E-state index is 0.142. The van der Waals surface area contributed by atoms with Gasteiger partial charge in [-0.25, -0.2) is 0 Å². The highest BCUT2D eigenvalue weighted by molar-refractivity contribution is 5.78. The summed E-state index contributed by atoms with van der Waals surface area (Å²) in [5.41, 5.74) is 0. The number of rotatable bonds is 7. The summed E-state index contributed by atoms with van der Waals surface area (Å²) >= 11 is 0. The molecule has 1 fully saturated rings. The van der Waals surface area contributed by atoms with Crippen molar-refractivity contribution in [1.82, 2.24) is 10.2 Å². The zero-order valence-corrected chi connectivity index (χ0v) is 13.8. The van der Waals surface area contributed by atoms with E-state index in [1.54, 1.807) is 0 Å². The first-order valence-electron chi connectivity index (χ1n) is 8.04. The number of hydrogen-bond donors (Lipinski definition) is 1. The molecule has 0 radical (unpaired) electrons. The van der Waals surface area contributed by atoms with Crippen molar-refractivity contribution in [2.24, 2.45) is 5.92 Å². The van der Waals surface area contributed by atoms with E-state index in [2.05, 4.69) is 44.8 Å². The predicted octanol–water partition coefficient (Wildman–Crippen LogP) is 2.43. The summed E-state index contributed by atoms with van der Waals surface area (Å²) in [7, 11) is 0. The van der Waals surface area contributed by atoms with Gasteiger partial charge in [-0.15, -0.1) is 0 Å². The molecule has 1 amide bonds. The molecule has 0 aromatic heterocycles. The normalized spacial score (nSPS) is 25.7. The minimum atomic E-state index is 0.142. The standard InChI is InChI=1S/C16H32N2O2/c1-12(2)7-6-8-13(3)17-16(19)11-18-9-14(4)20-15(5)10-18/h12-15H,6-11H2,1-5H3,(H,17,19). The largest absolute Gasteiger partial charge is 0.373 e. The Morgan fingerprint density at radius 2 is 1.80 bits per heavy atom. The lowest BCUT2D eigenvalue weighted by molar-refractivity contribution is -0.126. The van der Waals surface area contributed by atoms with Crippen molar-refractivity contribution in [3.8, 4) is 0 Å². The molecule has 0 spiro atoms. The van der Waals surface area contributed by atoms with Crippen LogP contribution in [0.4, 0.5) is 0 Å². The fraction of sp³-hybridized carbons (Fsp3) is 0.938. The van der Waals surface area contributed by atoms with Gasteiger partial charge in [-0.3, -0.25) is 9.69 Å². The number of nitrogens with one attached hydrogen (secondary N) is 1. The summed E-state index contributed by atoms with van der Waals surface area (Å²) in [5, 5.41) is 3.11. The van der Waals surface area contributed by atoms with Gasteiger partial charge in [-0.2, -0.15) is 0 Å². The molecule has 3 unspecified atom stereocenters. The number of carbonyl (C=O) groups is 1. The van der Waals surface area contributed by atoms with Gasteiger partial charge in [0.25, 0.3) is 0 Å². The Morgan fingerprint density at radius 3 is 2.35 bits per heavy atom. The van der Waals surface area contributed by atoms with Gasteiger partial charge in [-0.1, -0.05) is 26.7 Å². The fourth-order valence-corrected chi connectivity index (χ4v) is 2.84. The highest BCUT2D eigenvalue weighted by Gasteiger charge is 2.23. The predicted molar refractivity (Wildman–Crippen MR) is 82.7 cm³/mol. The Morgan fingerprint density at radius 1 is 1.20 bits per heavy atom. The van der Waals surface area contributed by atoms with Crippen LogP contribution >= 0.6 is 0 Å². The first kappa shape index (κ1) is 17.4. The maximum Gasteiger partial charge on any atom is 0.234 e. The maximum atomic E-state index is 12.0. The molecule has 1 saturated heterocycles. The molecule has 20 heavy (non-hydrogen) atoms. The first-order valence-corrected chi connectivity index (χ1v) is 8.04. The van der Waals surface area contributed by atoms with Crippen LogP contribution in [0.1, 0.15) is 53.9 Å². The molecule has 1 rings (SSSR count). The number of amides is 1. The third-order valence-electron chi connectivity index (χ3n) is 3.69. The van der Waals surface area contributed by atoms with Crippen molar-refractivity contribution >= 4 is 5.91 Å². The summed E-state index contributed by atoms with van der Waals surface area (Å²) in [4.78, 5) is 14.2. The molecule has 0 aliphatic carbocycles. The molecule has 0 saturated carbocycles. The molecule has 118 valence electrons. The quantitative estimate of drug-likeness (QED) is 0.780. The van der Waals surface area contributed by atoms with Gasteiger partial charge in [-0.05, 0) is 33.1 Å². The molecule has 0 aromatic carbocycles. The second-order valence-corrected chi connectivity index (χ2v) is 6.74.